The summed E-state index contributed by atoms with van der Waals surface area (Å²) in [7, 11) is 0. The number of nitrogens with one attached hydrogen (secondary N) is 2. The van der Waals surface area contributed by atoms with Gasteiger partial charge in [-0.15, -0.1) is 0 Å². The lowest BCUT2D eigenvalue weighted by atomic mass is 10.1. The third kappa shape index (κ3) is 3.10. The molecule has 1 fully saturated rings. The number of furan rings is 1. The molecular formula is C20H21N3O2. The van der Waals surface area contributed by atoms with Crippen molar-refractivity contribution in [3.63, 3.8) is 0 Å². The van der Waals surface area contributed by atoms with Crippen LogP contribution in [0, 0.1) is 0 Å². The average Bonchev–Trinajstić information content (AvgIpc) is 3.26. The van der Waals surface area contributed by atoms with Crippen LogP contribution in [-0.2, 0) is 6.54 Å². The number of nitrogens with zero attached hydrogens (tertiary/aromatic N) is 1. The molecule has 4 rings (SSSR count). The highest BCUT2D eigenvalue weighted by atomic mass is 16.3. The van der Waals surface area contributed by atoms with Crippen LogP contribution < -0.4 is 15.5 Å². The van der Waals surface area contributed by atoms with E-state index in [1.165, 1.54) is 5.56 Å². The molecule has 1 unspecified atom stereocenters. The lowest BCUT2D eigenvalue weighted by Crippen LogP contribution is -2.27. The van der Waals surface area contributed by atoms with Crippen LogP contribution in [0.1, 0.15) is 24.1 Å². The Kier molecular flexibility index (Phi) is 4.15. The number of hydrogen-bond acceptors (Lipinski definition) is 3. The molecule has 5 heteroatoms. The molecule has 5 nitrogen and oxygen atoms in total. The lowest BCUT2D eigenvalue weighted by Gasteiger charge is -2.17. The number of benzene rings is 2. The Bertz CT molecular complexity index is 885. The SMILES string of the molecule is CC(NCc1coc2ccccc12)c1ccc(N2CCNC2=O)cc1. The normalized spacial score (nSPS) is 15.6. The third-order valence-corrected chi connectivity index (χ3v) is 4.72. The van der Waals surface area contributed by atoms with Gasteiger partial charge >= 0.3 is 6.03 Å². The number of para-hydroxylation sites is 1. The van der Waals surface area contributed by atoms with Crippen molar-refractivity contribution in [3.05, 3.63) is 65.9 Å². The van der Waals surface area contributed by atoms with Crippen LogP contribution in [0.2, 0.25) is 0 Å². The van der Waals surface area contributed by atoms with Crippen LogP contribution in [0.15, 0.2) is 59.2 Å². The van der Waals surface area contributed by atoms with Gasteiger partial charge in [0.1, 0.15) is 5.58 Å². The van der Waals surface area contributed by atoms with E-state index in [1.807, 2.05) is 36.6 Å². The monoisotopic (exact) mass is 335 g/mol. The minimum atomic E-state index is -0.0224. The number of anilines is 1. The molecule has 3 aromatic rings. The van der Waals surface area contributed by atoms with Gasteiger partial charge in [0, 0.05) is 42.3 Å². The number of hydrogen-bond donors (Lipinski definition) is 2. The van der Waals surface area contributed by atoms with Gasteiger partial charge in [0.25, 0.3) is 0 Å². The number of carbonyl (C=O) groups excluding carboxylic acids is 1. The van der Waals surface area contributed by atoms with E-state index in [4.69, 9.17) is 4.42 Å². The van der Waals surface area contributed by atoms with Crippen molar-refractivity contribution in [1.29, 1.82) is 0 Å². The van der Waals surface area contributed by atoms with E-state index in [0.717, 1.165) is 35.3 Å². The number of urea groups is 1. The average molecular weight is 335 g/mol. The van der Waals surface area contributed by atoms with Crippen molar-refractivity contribution in [2.24, 2.45) is 0 Å². The minimum absolute atomic E-state index is 0.0224. The zero-order valence-electron chi connectivity index (χ0n) is 14.2. The van der Waals surface area contributed by atoms with E-state index < -0.39 is 0 Å². The molecule has 128 valence electrons. The van der Waals surface area contributed by atoms with Crippen molar-refractivity contribution in [2.75, 3.05) is 18.0 Å². The predicted molar refractivity (Wildman–Crippen MR) is 98.7 cm³/mol. The maximum atomic E-state index is 11.7. The van der Waals surface area contributed by atoms with Gasteiger partial charge in [0.05, 0.1) is 6.26 Å². The molecule has 2 aromatic carbocycles. The number of carbonyl (C=O) groups is 1. The Morgan fingerprint density at radius 2 is 2.00 bits per heavy atom. The fraction of sp³-hybridized carbons (Fsp3) is 0.250. The number of fused-ring (bicyclic) bond motifs is 1. The number of rotatable bonds is 5. The molecule has 0 aliphatic carbocycles. The Labute approximate surface area is 146 Å². The predicted octanol–water partition coefficient (Wildman–Crippen LogP) is 3.81. The van der Waals surface area contributed by atoms with Crippen molar-refractivity contribution < 1.29 is 9.21 Å². The summed E-state index contributed by atoms with van der Waals surface area (Å²) in [5.74, 6) is 0. The van der Waals surface area contributed by atoms with E-state index in [-0.39, 0.29) is 12.1 Å². The summed E-state index contributed by atoms with van der Waals surface area (Å²) in [6, 6.07) is 16.4. The van der Waals surface area contributed by atoms with Crippen LogP contribution in [0.25, 0.3) is 11.0 Å². The van der Waals surface area contributed by atoms with Gasteiger partial charge in [-0.1, -0.05) is 30.3 Å². The lowest BCUT2D eigenvalue weighted by molar-refractivity contribution is 0.252. The Hall–Kier alpha value is -2.79. The smallest absolute Gasteiger partial charge is 0.321 e. The van der Waals surface area contributed by atoms with Crippen LogP contribution in [0.4, 0.5) is 10.5 Å². The molecule has 2 N–H and O–H groups in total. The van der Waals surface area contributed by atoms with Gasteiger partial charge in [0.15, 0.2) is 0 Å². The molecule has 1 aliphatic rings. The summed E-state index contributed by atoms with van der Waals surface area (Å²) >= 11 is 0. The zero-order valence-corrected chi connectivity index (χ0v) is 14.2. The van der Waals surface area contributed by atoms with Gasteiger partial charge < -0.3 is 15.1 Å². The van der Waals surface area contributed by atoms with Gasteiger partial charge in [-0.25, -0.2) is 4.79 Å². The van der Waals surface area contributed by atoms with E-state index in [2.05, 4.69) is 35.8 Å². The van der Waals surface area contributed by atoms with Gasteiger partial charge in [-0.2, -0.15) is 0 Å². The first-order valence-electron chi connectivity index (χ1n) is 8.56. The molecule has 1 atom stereocenters. The molecule has 2 heterocycles. The Morgan fingerprint density at radius 3 is 2.76 bits per heavy atom. The summed E-state index contributed by atoms with van der Waals surface area (Å²) in [5, 5.41) is 7.51. The highest BCUT2D eigenvalue weighted by Crippen LogP contribution is 2.23. The highest BCUT2D eigenvalue weighted by molar-refractivity contribution is 5.94. The van der Waals surface area contributed by atoms with E-state index in [9.17, 15) is 4.79 Å². The van der Waals surface area contributed by atoms with Gasteiger partial charge in [0.2, 0.25) is 0 Å². The fourth-order valence-electron chi connectivity index (χ4n) is 3.21. The standard InChI is InChI=1S/C20H21N3O2/c1-14(22-12-16-13-25-19-5-3-2-4-18(16)19)15-6-8-17(9-7-15)23-11-10-21-20(23)24/h2-9,13-14,22H,10-12H2,1H3,(H,21,24). The highest BCUT2D eigenvalue weighted by Gasteiger charge is 2.21. The first-order valence-corrected chi connectivity index (χ1v) is 8.56. The van der Waals surface area contributed by atoms with Crippen molar-refractivity contribution in [2.45, 2.75) is 19.5 Å². The van der Waals surface area contributed by atoms with E-state index in [1.54, 1.807) is 4.90 Å². The summed E-state index contributed by atoms with van der Waals surface area (Å²) in [6.45, 7) is 4.31. The van der Waals surface area contributed by atoms with E-state index in [0.29, 0.717) is 6.54 Å². The molecular weight excluding hydrogens is 314 g/mol. The first kappa shape index (κ1) is 15.7. The van der Waals surface area contributed by atoms with Gasteiger partial charge in [-0.05, 0) is 30.7 Å². The quantitative estimate of drug-likeness (QED) is 0.745. The largest absolute Gasteiger partial charge is 0.464 e. The van der Waals surface area contributed by atoms with Crippen LogP contribution in [0.3, 0.4) is 0 Å². The molecule has 0 radical (unpaired) electrons. The second kappa shape index (κ2) is 6.61. The second-order valence-electron chi connectivity index (χ2n) is 6.33. The summed E-state index contributed by atoms with van der Waals surface area (Å²) in [6.07, 6.45) is 1.82. The second-order valence-corrected chi connectivity index (χ2v) is 6.33. The topological polar surface area (TPSA) is 57.5 Å². The molecule has 1 saturated heterocycles. The summed E-state index contributed by atoms with van der Waals surface area (Å²) in [4.78, 5) is 13.5. The van der Waals surface area contributed by atoms with Crippen molar-refractivity contribution in [1.82, 2.24) is 10.6 Å². The molecule has 25 heavy (non-hydrogen) atoms. The summed E-state index contributed by atoms with van der Waals surface area (Å²) in [5.41, 5.74) is 4.20. The summed E-state index contributed by atoms with van der Waals surface area (Å²) < 4.78 is 5.59. The Balaban J connectivity index is 1.42. The fourth-order valence-corrected chi connectivity index (χ4v) is 3.21. The van der Waals surface area contributed by atoms with Gasteiger partial charge in [-0.3, -0.25) is 4.90 Å². The zero-order chi connectivity index (χ0) is 17.2. The van der Waals surface area contributed by atoms with E-state index >= 15 is 0 Å². The molecule has 0 saturated carbocycles. The first-order chi connectivity index (χ1) is 12.2. The molecule has 2 amide bonds. The minimum Gasteiger partial charge on any atom is -0.464 e. The maximum Gasteiger partial charge on any atom is 0.321 e. The third-order valence-electron chi connectivity index (χ3n) is 4.72. The number of amides is 2. The van der Waals surface area contributed by atoms with Crippen LogP contribution in [-0.4, -0.2) is 19.1 Å². The van der Waals surface area contributed by atoms with Crippen molar-refractivity contribution in [3.8, 4) is 0 Å². The molecule has 0 spiro atoms. The van der Waals surface area contributed by atoms with Crippen molar-refractivity contribution >= 4 is 22.7 Å². The molecule has 0 bridgehead atoms. The Morgan fingerprint density at radius 1 is 1.20 bits per heavy atom. The molecule has 1 aliphatic heterocycles. The maximum absolute atomic E-state index is 11.7. The van der Waals surface area contributed by atoms with Crippen LogP contribution >= 0.6 is 0 Å². The molecule has 1 aromatic heterocycles. The van der Waals surface area contributed by atoms with Crippen LogP contribution in [0.5, 0.6) is 0 Å².